The van der Waals surface area contributed by atoms with E-state index >= 15 is 0 Å². The van der Waals surface area contributed by atoms with Gasteiger partial charge in [0.1, 0.15) is 0 Å². The zero-order valence-electron chi connectivity index (χ0n) is 1.67. The van der Waals surface area contributed by atoms with E-state index in [1.54, 1.807) is 0 Å². The average Bonchev–Trinajstić information content (AvgIpc) is 0. The first kappa shape index (κ1) is 29.0. The van der Waals surface area contributed by atoms with Crippen LogP contribution in [0, 0.1) is 0 Å². The van der Waals surface area contributed by atoms with Gasteiger partial charge in [0, 0.05) is 86.2 Å². The second-order valence-corrected chi connectivity index (χ2v) is 0. The molecule has 4 heteroatoms. The molecule has 0 atom stereocenters. The Bertz CT molecular complexity index is 8.00. The van der Waals surface area contributed by atoms with Gasteiger partial charge in [0.05, 0.1) is 0 Å². The molecular weight excluding hydrogens is 608 g/mol. The van der Waals surface area contributed by atoms with Crippen LogP contribution in [0.3, 0.4) is 0 Å². The minimum atomic E-state index is 0. The van der Waals surface area contributed by atoms with Crippen LogP contribution in [0.5, 0.6) is 0 Å². The first-order valence-electron chi connectivity index (χ1n) is 0. The molecule has 0 aliphatic rings. The smallest absolute Gasteiger partial charge is 0 e. The molecular formula is PtTaTiW. The largest absolute Gasteiger partial charge is 0 e. The maximum absolute atomic E-state index is 0. The summed E-state index contributed by atoms with van der Waals surface area (Å²) < 4.78 is 0. The molecule has 1 radical (unpaired) electrons. The van der Waals surface area contributed by atoms with Gasteiger partial charge in [-0.2, -0.15) is 0 Å². The minimum Gasteiger partial charge on any atom is 0 e. The third kappa shape index (κ3) is 8.85. The zero-order valence-corrected chi connectivity index (χ0v) is 11.7. The third-order valence-electron chi connectivity index (χ3n) is 0. The summed E-state index contributed by atoms with van der Waals surface area (Å²) in [5.41, 5.74) is 0. The molecule has 0 amide bonds. The molecule has 0 saturated carbocycles. The van der Waals surface area contributed by atoms with Gasteiger partial charge in [-0.05, 0) is 0 Å². The maximum atomic E-state index is 0. The van der Waals surface area contributed by atoms with Crippen molar-refractivity contribution in [3.63, 3.8) is 0 Å². The minimum absolute atomic E-state index is 0. The summed E-state index contributed by atoms with van der Waals surface area (Å²) in [5, 5.41) is 0. The molecule has 0 heterocycles. The fourth-order valence-electron chi connectivity index (χ4n) is 0. The van der Waals surface area contributed by atoms with E-state index < -0.39 is 0 Å². The molecule has 4 heavy (non-hydrogen) atoms. The topological polar surface area (TPSA) is 0 Å². The van der Waals surface area contributed by atoms with Gasteiger partial charge in [-0.15, -0.1) is 0 Å². The van der Waals surface area contributed by atoms with Crippen molar-refractivity contribution >= 4 is 0 Å². The molecule has 0 spiro atoms. The van der Waals surface area contributed by atoms with E-state index in [1.165, 1.54) is 0 Å². The Balaban J connectivity index is 0. The monoisotopic (exact) mass is 608 g/mol. The Morgan fingerprint density at radius 2 is 1.00 bits per heavy atom. The van der Waals surface area contributed by atoms with E-state index in [9.17, 15) is 0 Å². The third-order valence-corrected chi connectivity index (χ3v) is 0. The summed E-state index contributed by atoms with van der Waals surface area (Å²) in [6.45, 7) is 0. The summed E-state index contributed by atoms with van der Waals surface area (Å²) in [4.78, 5) is 0. The van der Waals surface area contributed by atoms with Gasteiger partial charge < -0.3 is 0 Å². The molecule has 0 aliphatic carbocycles. The summed E-state index contributed by atoms with van der Waals surface area (Å²) in [6, 6.07) is 0. The molecule has 0 nitrogen and oxygen atoms in total. The van der Waals surface area contributed by atoms with E-state index in [-0.39, 0.29) is 86.2 Å². The SMILES string of the molecule is [Pt].[Ta].[Ti].[W]. The van der Waals surface area contributed by atoms with Gasteiger partial charge in [-0.3, -0.25) is 0 Å². The number of rotatable bonds is 0. The predicted molar refractivity (Wildman–Crippen MR) is 0 cm³/mol. The number of hydrogen-bond acceptors (Lipinski definition) is 0. The Hall–Kier alpha value is 2.83. The molecule has 0 fully saturated rings. The van der Waals surface area contributed by atoms with Crippen molar-refractivity contribution in [1.82, 2.24) is 0 Å². The Morgan fingerprint density at radius 1 is 1.00 bits per heavy atom. The van der Waals surface area contributed by atoms with Crippen LogP contribution in [0.1, 0.15) is 0 Å². The zero-order chi connectivity index (χ0) is 0. The second-order valence-electron chi connectivity index (χ2n) is 0. The first-order valence-corrected chi connectivity index (χ1v) is 0. The van der Waals surface area contributed by atoms with Crippen LogP contribution in [-0.2, 0) is 86.2 Å². The molecule has 0 bridgehead atoms. The second kappa shape index (κ2) is 17.0. The van der Waals surface area contributed by atoms with Crippen LogP contribution >= 0.6 is 0 Å². The maximum Gasteiger partial charge on any atom is 0 e. The van der Waals surface area contributed by atoms with Gasteiger partial charge >= 0.3 is 0 Å². The molecule has 0 aliphatic heterocycles. The number of hydrogen-bond donors (Lipinski definition) is 0. The quantitative estimate of drug-likeness (QED) is 0.340. The average molecular weight is 608 g/mol. The molecule has 0 aromatic carbocycles. The molecule has 0 saturated heterocycles. The fraction of sp³-hybridized carbons (Fsp3) is 0. The van der Waals surface area contributed by atoms with Gasteiger partial charge in [-0.1, -0.05) is 0 Å². The molecule has 0 aromatic rings. The van der Waals surface area contributed by atoms with Gasteiger partial charge in [-0.25, -0.2) is 0 Å². The van der Waals surface area contributed by atoms with E-state index in [4.69, 9.17) is 0 Å². The Kier molecular flexibility index (Phi) is 123. The van der Waals surface area contributed by atoms with Crippen molar-refractivity contribution in [3.05, 3.63) is 0 Å². The van der Waals surface area contributed by atoms with E-state index in [2.05, 4.69) is 0 Å². The Morgan fingerprint density at radius 3 is 1.00 bits per heavy atom. The summed E-state index contributed by atoms with van der Waals surface area (Å²) in [5.74, 6) is 0. The molecule has 25 valence electrons. The van der Waals surface area contributed by atoms with Gasteiger partial charge in [0.2, 0.25) is 0 Å². The van der Waals surface area contributed by atoms with Crippen LogP contribution in [0.25, 0.3) is 0 Å². The van der Waals surface area contributed by atoms with E-state index in [0.29, 0.717) is 0 Å². The van der Waals surface area contributed by atoms with Crippen LogP contribution in [0.2, 0.25) is 0 Å². The van der Waals surface area contributed by atoms with E-state index in [1.807, 2.05) is 0 Å². The summed E-state index contributed by atoms with van der Waals surface area (Å²) >= 11 is 0. The van der Waals surface area contributed by atoms with E-state index in [0.717, 1.165) is 0 Å². The first-order chi connectivity index (χ1) is 0. The normalized spacial score (nSPS) is 0. The van der Waals surface area contributed by atoms with Crippen LogP contribution < -0.4 is 0 Å². The molecule has 0 aromatic heterocycles. The van der Waals surface area contributed by atoms with Crippen molar-refractivity contribution in [2.24, 2.45) is 0 Å². The van der Waals surface area contributed by atoms with Gasteiger partial charge in [0.15, 0.2) is 0 Å². The van der Waals surface area contributed by atoms with Crippen molar-refractivity contribution in [3.8, 4) is 0 Å². The van der Waals surface area contributed by atoms with Crippen molar-refractivity contribution in [1.29, 1.82) is 0 Å². The Labute approximate surface area is 84.8 Å². The predicted octanol–water partition coefficient (Wildman–Crippen LogP) is -0.0100. The molecule has 0 rings (SSSR count). The molecule has 0 unspecified atom stereocenters. The molecule has 0 N–H and O–H groups in total. The fourth-order valence-corrected chi connectivity index (χ4v) is 0. The summed E-state index contributed by atoms with van der Waals surface area (Å²) in [6.07, 6.45) is 0. The standard InChI is InChI=1S/Pt.Ta.Ti.W. The van der Waals surface area contributed by atoms with Crippen molar-refractivity contribution in [2.75, 3.05) is 0 Å². The summed E-state index contributed by atoms with van der Waals surface area (Å²) in [7, 11) is 0. The van der Waals surface area contributed by atoms with Crippen molar-refractivity contribution in [2.45, 2.75) is 0 Å². The van der Waals surface area contributed by atoms with Gasteiger partial charge in [0.25, 0.3) is 0 Å². The van der Waals surface area contributed by atoms with Crippen LogP contribution in [0.4, 0.5) is 0 Å². The van der Waals surface area contributed by atoms with Crippen molar-refractivity contribution < 1.29 is 86.2 Å². The van der Waals surface area contributed by atoms with Crippen LogP contribution in [-0.4, -0.2) is 0 Å². The van der Waals surface area contributed by atoms with Crippen LogP contribution in [0.15, 0.2) is 0 Å².